The summed E-state index contributed by atoms with van der Waals surface area (Å²) in [6.45, 7) is -0.264. The number of para-hydroxylation sites is 1. The molecular weight excluding hydrogens is 444 g/mol. The first-order valence-electron chi connectivity index (χ1n) is 9.83. The number of tetrazole rings is 1. The highest BCUT2D eigenvalue weighted by Gasteiger charge is 2.21. The van der Waals surface area contributed by atoms with Gasteiger partial charge in [0, 0.05) is 18.8 Å². The van der Waals surface area contributed by atoms with Crippen LogP contribution in [0, 0.1) is 0 Å². The number of amides is 1. The van der Waals surface area contributed by atoms with Crippen molar-refractivity contribution in [2.75, 3.05) is 23.3 Å². The van der Waals surface area contributed by atoms with Crippen LogP contribution in [0.15, 0.2) is 90.1 Å². The second-order valence-corrected chi connectivity index (χ2v) is 8.89. The Balaban J connectivity index is 1.41. The lowest BCUT2D eigenvalue weighted by Crippen LogP contribution is -2.26. The minimum Gasteiger partial charge on any atom is -0.484 e. The maximum absolute atomic E-state index is 13.0. The van der Waals surface area contributed by atoms with E-state index >= 15 is 0 Å². The van der Waals surface area contributed by atoms with Gasteiger partial charge >= 0.3 is 0 Å². The number of hydrogen-bond acceptors (Lipinski definition) is 7. The molecule has 0 spiro atoms. The molecule has 0 aliphatic heterocycles. The van der Waals surface area contributed by atoms with Crippen LogP contribution in [0.5, 0.6) is 5.75 Å². The summed E-state index contributed by atoms with van der Waals surface area (Å²) in [5, 5.41) is 13.6. The van der Waals surface area contributed by atoms with E-state index in [4.69, 9.17) is 4.74 Å². The third kappa shape index (κ3) is 5.15. The number of aromatic nitrogens is 4. The Morgan fingerprint density at radius 2 is 1.82 bits per heavy atom. The largest absolute Gasteiger partial charge is 0.484 e. The zero-order chi connectivity index (χ0) is 23.3. The highest BCUT2D eigenvalue weighted by Crippen LogP contribution is 2.23. The summed E-state index contributed by atoms with van der Waals surface area (Å²) in [4.78, 5) is 12.4. The molecule has 0 fully saturated rings. The number of benzene rings is 3. The molecule has 0 aliphatic rings. The summed E-state index contributed by atoms with van der Waals surface area (Å²) in [7, 11) is -2.32. The van der Waals surface area contributed by atoms with E-state index in [1.807, 2.05) is 6.07 Å². The normalized spacial score (nSPS) is 11.1. The number of carbonyl (C=O) groups is 1. The van der Waals surface area contributed by atoms with Crippen LogP contribution in [0.1, 0.15) is 0 Å². The van der Waals surface area contributed by atoms with Crippen LogP contribution >= 0.6 is 0 Å². The van der Waals surface area contributed by atoms with Crippen molar-refractivity contribution in [1.29, 1.82) is 0 Å². The molecule has 0 radical (unpaired) electrons. The number of sulfonamides is 1. The molecule has 0 bridgehead atoms. The van der Waals surface area contributed by atoms with Crippen LogP contribution in [-0.2, 0) is 14.8 Å². The molecule has 0 saturated carbocycles. The van der Waals surface area contributed by atoms with Gasteiger partial charge in [0.05, 0.1) is 16.3 Å². The Bertz CT molecular complexity index is 1340. The van der Waals surface area contributed by atoms with Crippen molar-refractivity contribution in [3.8, 4) is 11.4 Å². The molecule has 1 aromatic heterocycles. The fraction of sp³-hybridized carbons (Fsp3) is 0.0909. The molecule has 168 valence electrons. The summed E-state index contributed by atoms with van der Waals surface area (Å²) in [6, 6.07) is 21.7. The van der Waals surface area contributed by atoms with E-state index in [1.54, 1.807) is 60.7 Å². The monoisotopic (exact) mass is 464 g/mol. The molecule has 11 heteroatoms. The van der Waals surface area contributed by atoms with Gasteiger partial charge in [-0.3, -0.25) is 9.10 Å². The third-order valence-electron chi connectivity index (χ3n) is 4.70. The van der Waals surface area contributed by atoms with E-state index in [9.17, 15) is 13.2 Å². The van der Waals surface area contributed by atoms with E-state index in [0.717, 1.165) is 0 Å². The molecule has 0 unspecified atom stereocenters. The first-order valence-corrected chi connectivity index (χ1v) is 11.3. The van der Waals surface area contributed by atoms with Crippen LogP contribution in [0.25, 0.3) is 5.69 Å². The van der Waals surface area contributed by atoms with Crippen LogP contribution < -0.4 is 14.4 Å². The van der Waals surface area contributed by atoms with Gasteiger partial charge in [0.25, 0.3) is 15.9 Å². The second kappa shape index (κ2) is 9.49. The standard InChI is InChI=1S/C22H20N6O4S/c1-27(18-8-3-2-4-9-18)33(30,31)21-12-5-7-17(13-21)24-22(29)15-32-20-11-6-10-19(14-20)28-16-23-25-26-28/h2-14,16H,15H2,1H3,(H,24,29). The maximum Gasteiger partial charge on any atom is 0.264 e. The zero-order valence-electron chi connectivity index (χ0n) is 17.6. The summed E-state index contributed by atoms with van der Waals surface area (Å²) in [6.07, 6.45) is 1.45. The molecule has 3 aromatic carbocycles. The molecule has 0 aliphatic carbocycles. The quantitative estimate of drug-likeness (QED) is 0.425. The minimum atomic E-state index is -3.80. The molecule has 0 saturated heterocycles. The average molecular weight is 465 g/mol. The number of rotatable bonds is 8. The lowest BCUT2D eigenvalue weighted by atomic mass is 10.3. The van der Waals surface area contributed by atoms with E-state index in [0.29, 0.717) is 22.8 Å². The Labute approximate surface area is 190 Å². The van der Waals surface area contributed by atoms with Gasteiger partial charge in [0.15, 0.2) is 6.61 Å². The van der Waals surface area contributed by atoms with Gasteiger partial charge in [-0.05, 0) is 52.9 Å². The Morgan fingerprint density at radius 3 is 2.58 bits per heavy atom. The van der Waals surface area contributed by atoms with Crippen molar-refractivity contribution >= 4 is 27.3 Å². The van der Waals surface area contributed by atoms with Crippen molar-refractivity contribution in [2.24, 2.45) is 0 Å². The highest BCUT2D eigenvalue weighted by molar-refractivity contribution is 7.92. The smallest absolute Gasteiger partial charge is 0.264 e. The van der Waals surface area contributed by atoms with Crippen LogP contribution in [0.3, 0.4) is 0 Å². The number of ether oxygens (including phenoxy) is 1. The number of carbonyl (C=O) groups excluding carboxylic acids is 1. The average Bonchev–Trinajstić information content (AvgIpc) is 3.38. The van der Waals surface area contributed by atoms with Gasteiger partial charge in [0.1, 0.15) is 12.1 Å². The first kappa shape index (κ1) is 22.0. The van der Waals surface area contributed by atoms with Crippen LogP contribution in [0.4, 0.5) is 11.4 Å². The zero-order valence-corrected chi connectivity index (χ0v) is 18.4. The van der Waals surface area contributed by atoms with Crippen molar-refractivity contribution in [3.05, 3.63) is 85.2 Å². The lowest BCUT2D eigenvalue weighted by molar-refractivity contribution is -0.118. The van der Waals surface area contributed by atoms with Gasteiger partial charge in [0.2, 0.25) is 0 Å². The van der Waals surface area contributed by atoms with Crippen molar-refractivity contribution < 1.29 is 17.9 Å². The number of hydrogen-bond donors (Lipinski definition) is 1. The van der Waals surface area contributed by atoms with Gasteiger partial charge in [-0.2, -0.15) is 0 Å². The second-order valence-electron chi connectivity index (χ2n) is 6.92. The Kier molecular flexibility index (Phi) is 6.31. The fourth-order valence-electron chi connectivity index (χ4n) is 3.01. The first-order chi connectivity index (χ1) is 15.9. The minimum absolute atomic E-state index is 0.0571. The predicted octanol–water partition coefficient (Wildman–Crippen LogP) is 2.50. The Morgan fingerprint density at radius 1 is 1.03 bits per heavy atom. The summed E-state index contributed by atoms with van der Waals surface area (Å²) < 4.78 is 34.2. The molecular formula is C22H20N6O4S. The van der Waals surface area contributed by atoms with Gasteiger partial charge in [-0.15, -0.1) is 5.10 Å². The summed E-state index contributed by atoms with van der Waals surface area (Å²) in [5.74, 6) is 0.0211. The van der Waals surface area contributed by atoms with Gasteiger partial charge in [-0.25, -0.2) is 13.1 Å². The molecule has 10 nitrogen and oxygen atoms in total. The number of anilines is 2. The van der Waals surface area contributed by atoms with Crippen molar-refractivity contribution in [3.63, 3.8) is 0 Å². The number of nitrogens with one attached hydrogen (secondary N) is 1. The Hall–Kier alpha value is -4.25. The van der Waals surface area contributed by atoms with Gasteiger partial charge in [-0.1, -0.05) is 30.3 Å². The molecule has 1 heterocycles. The molecule has 1 N–H and O–H groups in total. The molecule has 4 rings (SSSR count). The molecule has 4 aromatic rings. The maximum atomic E-state index is 13.0. The van der Waals surface area contributed by atoms with Crippen molar-refractivity contribution in [1.82, 2.24) is 20.2 Å². The van der Waals surface area contributed by atoms with E-state index in [1.165, 1.54) is 34.5 Å². The molecule has 33 heavy (non-hydrogen) atoms. The topological polar surface area (TPSA) is 119 Å². The highest BCUT2D eigenvalue weighted by atomic mass is 32.2. The molecule has 0 atom stereocenters. The predicted molar refractivity (Wildman–Crippen MR) is 122 cm³/mol. The summed E-state index contributed by atoms with van der Waals surface area (Å²) >= 11 is 0. The third-order valence-corrected chi connectivity index (χ3v) is 6.48. The number of nitrogens with zero attached hydrogens (tertiary/aromatic N) is 5. The SMILES string of the molecule is CN(c1ccccc1)S(=O)(=O)c1cccc(NC(=O)COc2cccc(-n3cnnn3)c2)c1. The van der Waals surface area contributed by atoms with Crippen LogP contribution in [0.2, 0.25) is 0 Å². The molecule has 1 amide bonds. The summed E-state index contributed by atoms with van der Waals surface area (Å²) in [5.41, 5.74) is 1.55. The van der Waals surface area contributed by atoms with Crippen molar-refractivity contribution in [2.45, 2.75) is 4.90 Å². The van der Waals surface area contributed by atoms with Gasteiger partial charge < -0.3 is 10.1 Å². The van der Waals surface area contributed by atoms with Crippen LogP contribution in [-0.4, -0.2) is 48.2 Å². The van der Waals surface area contributed by atoms with E-state index < -0.39 is 15.9 Å². The van der Waals surface area contributed by atoms with E-state index in [2.05, 4.69) is 20.8 Å². The fourth-order valence-corrected chi connectivity index (χ4v) is 4.25. The van der Waals surface area contributed by atoms with E-state index in [-0.39, 0.29) is 11.5 Å². The lowest BCUT2D eigenvalue weighted by Gasteiger charge is -2.20.